The third-order valence-corrected chi connectivity index (χ3v) is 23.6. The van der Waals surface area contributed by atoms with Gasteiger partial charge in [0.2, 0.25) is 106 Å². The third-order valence-electron chi connectivity index (χ3n) is 23.6. The number of aromatic amines is 1. The topological polar surface area (TPSA) is 852 Å². The number of H-pyrrole nitrogens is 1. The first-order valence-corrected chi connectivity index (χ1v) is 47.8. The molecule has 145 heavy (non-hydrogen) atoms. The van der Waals surface area contributed by atoms with Crippen LogP contribution in [0.4, 0.5) is 4.79 Å². The van der Waals surface area contributed by atoms with Crippen LogP contribution in [0.2, 0.25) is 0 Å². The minimum absolute atomic E-state index is 0.00843. The van der Waals surface area contributed by atoms with Crippen molar-refractivity contribution >= 4 is 124 Å². The molecule has 0 aliphatic carbocycles. The average Bonchev–Trinajstić information content (AvgIpc) is 1.72. The highest BCUT2D eigenvalue weighted by Gasteiger charge is 2.45. The summed E-state index contributed by atoms with van der Waals surface area (Å²) in [5.74, 6) is -24.6. The molecule has 2 aliphatic rings. The molecule has 20 amide bonds. The smallest absolute Gasteiger partial charge is 0.326 e. The molecule has 2 aliphatic heterocycles. The summed E-state index contributed by atoms with van der Waals surface area (Å²) >= 11 is 0. The van der Waals surface area contributed by atoms with Gasteiger partial charge in [-0.1, -0.05) is 79.7 Å². The molecule has 33 N–H and O–H groups in total. The molecular weight excluding hydrogens is 1910 g/mol. The van der Waals surface area contributed by atoms with Crippen LogP contribution in [0, 0.1) is 23.7 Å². The van der Waals surface area contributed by atoms with Gasteiger partial charge >= 0.3 is 18.0 Å². The Bertz CT molecular complexity index is 4910. The fourth-order valence-electron chi connectivity index (χ4n) is 15.8. The largest absolute Gasteiger partial charge is 0.508 e. The van der Waals surface area contributed by atoms with Gasteiger partial charge in [-0.3, -0.25) is 91.1 Å². The average molecular weight is 2050 g/mol. The van der Waals surface area contributed by atoms with Crippen molar-refractivity contribution in [3.8, 4) is 11.5 Å². The lowest BCUT2D eigenvalue weighted by atomic mass is 10.00. The van der Waals surface area contributed by atoms with E-state index in [0.29, 0.717) is 18.4 Å². The van der Waals surface area contributed by atoms with Crippen LogP contribution in [0.15, 0.2) is 61.1 Å². The van der Waals surface area contributed by atoms with Crippen LogP contribution in [0.3, 0.4) is 0 Å². The predicted molar refractivity (Wildman–Crippen MR) is 513 cm³/mol. The number of likely N-dealkylation sites (tertiary alicyclic amines) is 2. The predicted octanol–water partition coefficient (Wildman–Crippen LogP) is -8.77. The van der Waals surface area contributed by atoms with Crippen molar-refractivity contribution in [2.45, 2.75) is 280 Å². The first-order chi connectivity index (χ1) is 68.4. The molecule has 0 unspecified atom stereocenters. The Morgan fingerprint density at radius 2 is 0.828 bits per heavy atom. The van der Waals surface area contributed by atoms with Gasteiger partial charge in [0.1, 0.15) is 114 Å². The maximum atomic E-state index is 14.7. The number of nitrogens with one attached hydrogen (secondary N) is 17. The van der Waals surface area contributed by atoms with E-state index in [4.69, 9.17) is 22.9 Å². The number of aliphatic hydroxyl groups is 4. The molecule has 3 heterocycles. The van der Waals surface area contributed by atoms with Crippen molar-refractivity contribution in [2.24, 2.45) is 46.6 Å². The Kier molecular flexibility index (Phi) is 50.4. The highest BCUT2D eigenvalue weighted by molar-refractivity contribution is 6.02. The number of aromatic hydroxyl groups is 2. The molecule has 5 rings (SSSR count). The molecular formula is C92H142N24O29. The maximum absolute atomic E-state index is 14.7. The number of benzene rings is 2. The molecule has 0 spiro atoms. The van der Waals surface area contributed by atoms with Gasteiger partial charge in [0.15, 0.2) is 0 Å². The lowest BCUT2D eigenvalue weighted by molar-refractivity contribution is -0.144. The number of hydrogen-bond acceptors (Lipinski definition) is 30. The number of hydrogen-bond donors (Lipinski definition) is 29. The number of carbonyl (C=O) groups is 21. The molecule has 18 atom stereocenters. The van der Waals surface area contributed by atoms with Gasteiger partial charge in [-0.25, -0.2) is 14.6 Å². The summed E-state index contributed by atoms with van der Waals surface area (Å²) < 4.78 is 0. The molecule has 1 aromatic heterocycles. The number of primary amides is 2. The van der Waals surface area contributed by atoms with E-state index in [1.807, 2.05) is 0 Å². The highest BCUT2D eigenvalue weighted by atomic mass is 16.4. The molecule has 3 aromatic rings. The number of imidazole rings is 1. The fourth-order valence-corrected chi connectivity index (χ4v) is 15.8. The van der Waals surface area contributed by atoms with Crippen molar-refractivity contribution in [1.82, 2.24) is 105 Å². The van der Waals surface area contributed by atoms with Crippen LogP contribution in [-0.4, -0.2) is 346 Å². The van der Waals surface area contributed by atoms with E-state index < -0.39 is 297 Å². The van der Waals surface area contributed by atoms with Crippen molar-refractivity contribution in [3.05, 3.63) is 77.9 Å². The van der Waals surface area contributed by atoms with Crippen molar-refractivity contribution in [2.75, 3.05) is 52.5 Å². The van der Waals surface area contributed by atoms with Gasteiger partial charge in [0.25, 0.3) is 0 Å². The van der Waals surface area contributed by atoms with E-state index in [2.05, 4.69) is 95.0 Å². The Balaban J connectivity index is 1.28. The van der Waals surface area contributed by atoms with E-state index in [0.717, 1.165) is 16.7 Å². The number of aliphatic hydroxyl groups excluding tert-OH is 4. The number of nitrogens with zero attached hydrogens (tertiary/aromatic N) is 3. The monoisotopic (exact) mass is 2050 g/mol. The zero-order chi connectivity index (χ0) is 108. The van der Waals surface area contributed by atoms with Crippen LogP contribution < -0.4 is 108 Å². The van der Waals surface area contributed by atoms with Crippen LogP contribution >= 0.6 is 0 Å². The molecule has 2 aromatic carbocycles. The van der Waals surface area contributed by atoms with Gasteiger partial charge in [-0.2, -0.15) is 0 Å². The normalized spacial score (nSPS) is 16.7. The standard InChI is InChI=1S/C92H142N24O29/c1-45(2)33-59(104-75(127)55(94)41-117)78(130)108-63(37-52-39-97-44-100-52)82(134)107-61(35-50-19-23-53(121)24-20-50)80(132)105-60(34-46(3)4)79(131)110-65(42-118)89(141)116-32-14-18-68(116)85(137)114-74(49(9)120)86(138)99-40-70(124)112-72(47(5)6)87(139)109-64(38-69(95)123)83(135)101-57(27-28-71(125)126)77(129)106-62(36-51-21-25-54(122)26-22-51)81(133)111-66(43-119)90(142)115-31-13-17-67(115)84(136)113-73(48(7)8)88(140)102-56(16-12-30-98-92(96)145)76(128)103-58(91(143)144)15-10-11-29-93/h19-26,39,44-49,55-68,72-74,117-122H,10-18,27-38,40-43,93-94H2,1-9H3,(H2,95,123)(H,97,100)(H,99,138)(H,101,135)(H,102,140)(H,103,128)(H,104,127)(H,105,132)(H,106,129)(H,107,134)(H,108,130)(H,109,139)(H,110,131)(H,111,133)(H,112,124)(H,113,136)(H,114,137)(H,125,126)(H,143,144)(H3,96,98,145)/t49-,55+,56+,57+,58+,59+,60+,61+,62+,63+,64+,65+,66+,67+,68+,72+,73+,74+/m1/s1. The quantitative estimate of drug-likeness (QED) is 0.0233. The van der Waals surface area contributed by atoms with Gasteiger partial charge in [0.05, 0.1) is 50.9 Å². The number of aromatic nitrogens is 2. The lowest BCUT2D eigenvalue weighted by Gasteiger charge is -2.31. The van der Waals surface area contributed by atoms with Crippen LogP contribution in [0.5, 0.6) is 11.5 Å². The van der Waals surface area contributed by atoms with Gasteiger partial charge in [-0.05, 0) is 150 Å². The molecule has 2 saturated heterocycles. The van der Waals surface area contributed by atoms with E-state index in [1.165, 1.54) is 74.9 Å². The number of rotatable bonds is 62. The number of carboxylic acids is 2. The zero-order valence-corrected chi connectivity index (χ0v) is 82.5. The molecule has 53 nitrogen and oxygen atoms in total. The molecule has 804 valence electrons. The summed E-state index contributed by atoms with van der Waals surface area (Å²) in [5.41, 5.74) is 22.9. The Hall–Kier alpha value is -14.3. The Labute approximate surface area is 835 Å². The zero-order valence-electron chi connectivity index (χ0n) is 82.5. The number of unbranched alkanes of at least 4 members (excludes halogenated alkanes) is 1. The number of amides is 20. The van der Waals surface area contributed by atoms with Crippen molar-refractivity contribution < 1.29 is 142 Å². The van der Waals surface area contributed by atoms with Crippen molar-refractivity contribution in [1.29, 1.82) is 0 Å². The molecule has 0 saturated carbocycles. The summed E-state index contributed by atoms with van der Waals surface area (Å²) in [6.07, 6.45) is -1.89. The number of nitrogens with two attached hydrogens (primary N) is 4. The second kappa shape index (κ2) is 60.3. The molecule has 2 fully saturated rings. The van der Waals surface area contributed by atoms with Crippen molar-refractivity contribution in [3.63, 3.8) is 0 Å². The number of phenolic OH excluding ortho intramolecular Hbond substituents is 2. The van der Waals surface area contributed by atoms with E-state index in [-0.39, 0.29) is 131 Å². The number of aliphatic carboxylic acids is 2. The lowest BCUT2D eigenvalue weighted by Crippen LogP contribution is -2.62. The molecule has 0 bridgehead atoms. The first kappa shape index (κ1) is 121. The minimum Gasteiger partial charge on any atom is -0.508 e. The summed E-state index contributed by atoms with van der Waals surface area (Å²) in [7, 11) is 0. The second-order valence-corrected chi connectivity index (χ2v) is 37.1. The number of urea groups is 1. The highest BCUT2D eigenvalue weighted by Crippen LogP contribution is 2.24. The summed E-state index contributed by atoms with van der Waals surface area (Å²) in [6.45, 7) is 9.86. The second-order valence-electron chi connectivity index (χ2n) is 37.1. The summed E-state index contributed by atoms with van der Waals surface area (Å²) in [6, 6.07) is -17.6. The number of carbonyl (C=O) groups excluding carboxylic acids is 19. The molecule has 53 heteroatoms. The van der Waals surface area contributed by atoms with E-state index >= 15 is 0 Å². The first-order valence-electron chi connectivity index (χ1n) is 47.8. The van der Waals surface area contributed by atoms with Gasteiger partial charge in [0, 0.05) is 51.5 Å². The van der Waals surface area contributed by atoms with Gasteiger partial charge < -0.3 is 164 Å². The molecule has 0 radical (unpaired) electrons. The Morgan fingerprint density at radius 3 is 1.24 bits per heavy atom. The Morgan fingerprint density at radius 1 is 0.434 bits per heavy atom. The summed E-state index contributed by atoms with van der Waals surface area (Å²) in [4.78, 5) is 299. The minimum atomic E-state index is -2.04. The summed E-state index contributed by atoms with van der Waals surface area (Å²) in [5, 5.41) is 121. The number of carboxylic acid groups (broad SMARTS) is 2. The van der Waals surface area contributed by atoms with Crippen LogP contribution in [0.25, 0.3) is 0 Å². The third kappa shape index (κ3) is 40.4. The van der Waals surface area contributed by atoms with Gasteiger partial charge in [-0.15, -0.1) is 0 Å². The van der Waals surface area contributed by atoms with Crippen LogP contribution in [-0.2, 0) is 115 Å². The number of phenols is 2. The maximum Gasteiger partial charge on any atom is 0.326 e. The van der Waals surface area contributed by atoms with Crippen LogP contribution in [0.1, 0.15) is 169 Å². The van der Waals surface area contributed by atoms with E-state index in [1.54, 1.807) is 41.5 Å². The van der Waals surface area contributed by atoms with E-state index in [9.17, 15) is 142 Å². The SMILES string of the molecule is CC(C)C[C@H](NC(=O)[C@H](Cc1ccc(O)cc1)NC(=O)[C@H](Cc1c[nH]cn1)NC(=O)[C@H](CC(C)C)NC(=O)[C@@H](N)CO)C(=O)N[C@@H](CO)C(=O)N1CCC[C@H]1C(=O)N[C@H](C(=O)NCC(=O)N[C@H](C(=O)N[C@@H](CC(N)=O)C(=O)N[C@@H](CCC(=O)O)C(=O)N[C@@H](Cc1ccc(O)cc1)C(=O)N[C@@H](CO)C(=O)N1CCC[C@H]1C(=O)N[C@H](C(=O)N[C@@H](CCCNC(N)=O)C(=O)N[C@@H](CCCCN)C(=O)O)C(C)C)C(C)C)[C@@H](C)O. The fraction of sp³-hybridized carbons (Fsp3) is 0.609.